The number of rotatable bonds is 6. The van der Waals surface area contributed by atoms with Gasteiger partial charge in [-0.3, -0.25) is 9.20 Å². The Balaban J connectivity index is 2.25. The van der Waals surface area contributed by atoms with Crippen LogP contribution in [0.25, 0.3) is 16.9 Å². The first-order valence-electron chi connectivity index (χ1n) is 8.85. The van der Waals surface area contributed by atoms with Gasteiger partial charge < -0.3 is 4.74 Å². The standard InChI is InChI=1S/C21H23ClN2O2/c1-5-14(6-2)15-9-13(3)21-23-20(19(12-25)24(21)11-15)17-8-7-16(26-4)10-18(17)22/h7-12,14H,5-6H2,1-4H3. The number of halogens is 1. The number of aromatic nitrogens is 2. The third-order valence-electron chi connectivity index (χ3n) is 4.96. The molecule has 0 aliphatic heterocycles. The van der Waals surface area contributed by atoms with Gasteiger partial charge in [0, 0.05) is 11.8 Å². The van der Waals surface area contributed by atoms with E-state index in [9.17, 15) is 4.79 Å². The molecule has 0 aliphatic carbocycles. The lowest BCUT2D eigenvalue weighted by Crippen LogP contribution is -2.01. The van der Waals surface area contributed by atoms with Crippen LogP contribution in [0.5, 0.6) is 5.75 Å². The Kier molecular flexibility index (Phi) is 5.33. The van der Waals surface area contributed by atoms with Gasteiger partial charge >= 0.3 is 0 Å². The summed E-state index contributed by atoms with van der Waals surface area (Å²) in [5, 5.41) is 0.508. The molecule has 0 fully saturated rings. The van der Waals surface area contributed by atoms with E-state index in [0.29, 0.717) is 28.1 Å². The molecule has 3 aromatic rings. The third kappa shape index (κ3) is 3.10. The Morgan fingerprint density at radius 2 is 2.00 bits per heavy atom. The SMILES string of the molecule is CCC(CC)c1cc(C)c2nc(-c3ccc(OC)cc3Cl)c(C=O)n2c1. The fourth-order valence-electron chi connectivity index (χ4n) is 3.46. The number of aldehydes is 1. The second-order valence-electron chi connectivity index (χ2n) is 6.47. The van der Waals surface area contributed by atoms with Crippen LogP contribution in [0.15, 0.2) is 30.5 Å². The molecule has 3 rings (SSSR count). The number of methoxy groups -OCH3 is 1. The van der Waals surface area contributed by atoms with E-state index >= 15 is 0 Å². The lowest BCUT2D eigenvalue weighted by molar-refractivity contribution is 0.111. The second kappa shape index (κ2) is 7.50. The molecule has 0 spiro atoms. The molecule has 0 saturated carbocycles. The largest absolute Gasteiger partial charge is 0.497 e. The quantitative estimate of drug-likeness (QED) is 0.523. The van der Waals surface area contributed by atoms with Gasteiger partial charge in [0.1, 0.15) is 22.8 Å². The molecule has 4 nitrogen and oxygen atoms in total. The summed E-state index contributed by atoms with van der Waals surface area (Å²) in [5.41, 5.74) is 4.90. The number of carbonyl (C=O) groups is 1. The number of hydrogen-bond donors (Lipinski definition) is 0. The second-order valence-corrected chi connectivity index (χ2v) is 6.88. The molecular formula is C21H23ClN2O2. The smallest absolute Gasteiger partial charge is 0.169 e. The van der Waals surface area contributed by atoms with Crippen molar-refractivity contribution in [3.8, 4) is 17.0 Å². The first kappa shape index (κ1) is 18.5. The van der Waals surface area contributed by atoms with Crippen LogP contribution in [0.2, 0.25) is 5.02 Å². The van der Waals surface area contributed by atoms with Crippen LogP contribution in [0, 0.1) is 6.92 Å². The first-order chi connectivity index (χ1) is 12.5. The lowest BCUT2D eigenvalue weighted by atomic mass is 9.94. The number of fused-ring (bicyclic) bond motifs is 1. The Labute approximate surface area is 158 Å². The molecule has 1 aromatic carbocycles. The molecule has 0 atom stereocenters. The van der Waals surface area contributed by atoms with Crippen LogP contribution in [0.1, 0.15) is 54.2 Å². The average Bonchev–Trinajstić information content (AvgIpc) is 3.01. The first-order valence-corrected chi connectivity index (χ1v) is 9.23. The molecule has 0 N–H and O–H groups in total. The molecule has 0 radical (unpaired) electrons. The third-order valence-corrected chi connectivity index (χ3v) is 5.27. The minimum absolute atomic E-state index is 0.466. The molecule has 5 heteroatoms. The van der Waals surface area contributed by atoms with E-state index in [0.717, 1.165) is 35.9 Å². The van der Waals surface area contributed by atoms with Gasteiger partial charge in [0.25, 0.3) is 0 Å². The monoisotopic (exact) mass is 370 g/mol. The summed E-state index contributed by atoms with van der Waals surface area (Å²) in [6.45, 7) is 6.40. The topological polar surface area (TPSA) is 43.6 Å². The van der Waals surface area contributed by atoms with Gasteiger partial charge in [0.05, 0.1) is 12.1 Å². The number of aryl methyl sites for hydroxylation is 1. The summed E-state index contributed by atoms with van der Waals surface area (Å²) in [6.07, 6.45) is 5.01. The molecule has 0 unspecified atom stereocenters. The maximum atomic E-state index is 11.9. The highest BCUT2D eigenvalue weighted by atomic mass is 35.5. The van der Waals surface area contributed by atoms with Crippen LogP contribution in [0.4, 0.5) is 0 Å². The number of pyridine rings is 1. The summed E-state index contributed by atoms with van der Waals surface area (Å²) in [6, 6.07) is 7.57. The van der Waals surface area contributed by atoms with E-state index in [1.807, 2.05) is 29.7 Å². The van der Waals surface area contributed by atoms with Crippen LogP contribution in [-0.4, -0.2) is 22.8 Å². The number of hydrogen-bond acceptors (Lipinski definition) is 3. The lowest BCUT2D eigenvalue weighted by Gasteiger charge is -2.14. The van der Waals surface area contributed by atoms with E-state index in [-0.39, 0.29) is 0 Å². The van der Waals surface area contributed by atoms with E-state index in [1.54, 1.807) is 13.2 Å². The number of imidazole rings is 1. The van der Waals surface area contributed by atoms with Crippen molar-refractivity contribution in [2.45, 2.75) is 39.5 Å². The molecule has 0 bridgehead atoms. The molecule has 26 heavy (non-hydrogen) atoms. The molecule has 0 saturated heterocycles. The summed E-state index contributed by atoms with van der Waals surface area (Å²) in [5.74, 6) is 1.13. The van der Waals surface area contributed by atoms with Crippen molar-refractivity contribution in [3.63, 3.8) is 0 Å². The van der Waals surface area contributed by atoms with Gasteiger partial charge in [0.15, 0.2) is 6.29 Å². The molecule has 136 valence electrons. The summed E-state index contributed by atoms with van der Waals surface area (Å²) in [4.78, 5) is 16.6. The Morgan fingerprint density at radius 3 is 2.58 bits per heavy atom. The van der Waals surface area contributed by atoms with Crippen LogP contribution in [0.3, 0.4) is 0 Å². The summed E-state index contributed by atoms with van der Waals surface area (Å²) in [7, 11) is 1.59. The zero-order valence-electron chi connectivity index (χ0n) is 15.5. The normalized spacial score (nSPS) is 11.3. The molecular weight excluding hydrogens is 348 g/mol. The average molecular weight is 371 g/mol. The van der Waals surface area contributed by atoms with E-state index < -0.39 is 0 Å². The minimum Gasteiger partial charge on any atom is -0.497 e. The molecule has 2 aromatic heterocycles. The van der Waals surface area contributed by atoms with Gasteiger partial charge in [-0.2, -0.15) is 0 Å². The van der Waals surface area contributed by atoms with Gasteiger partial charge in [-0.05, 0) is 55.0 Å². The molecule has 0 amide bonds. The fourth-order valence-corrected chi connectivity index (χ4v) is 3.72. The van der Waals surface area contributed by atoms with Crippen LogP contribution < -0.4 is 4.74 Å². The number of nitrogens with zero attached hydrogens (tertiary/aromatic N) is 2. The number of benzene rings is 1. The van der Waals surface area contributed by atoms with Gasteiger partial charge in [0.2, 0.25) is 0 Å². The highest BCUT2D eigenvalue weighted by molar-refractivity contribution is 6.33. The van der Waals surface area contributed by atoms with Crippen molar-refractivity contribution >= 4 is 23.5 Å². The van der Waals surface area contributed by atoms with Gasteiger partial charge in [-0.25, -0.2) is 4.98 Å². The number of ether oxygens (including phenoxy) is 1. The fraction of sp³-hybridized carbons (Fsp3) is 0.333. The Bertz CT molecular complexity index is 958. The highest BCUT2D eigenvalue weighted by Gasteiger charge is 2.19. The zero-order valence-corrected chi connectivity index (χ0v) is 16.3. The minimum atomic E-state index is 0.466. The van der Waals surface area contributed by atoms with Crippen molar-refractivity contribution < 1.29 is 9.53 Å². The van der Waals surface area contributed by atoms with Crippen molar-refractivity contribution in [1.82, 2.24) is 9.38 Å². The van der Waals surface area contributed by atoms with Crippen LogP contribution in [-0.2, 0) is 0 Å². The Hall–Kier alpha value is -2.33. The maximum absolute atomic E-state index is 11.9. The van der Waals surface area contributed by atoms with Crippen molar-refractivity contribution in [2.75, 3.05) is 7.11 Å². The summed E-state index contributed by atoms with van der Waals surface area (Å²) < 4.78 is 7.10. The highest BCUT2D eigenvalue weighted by Crippen LogP contribution is 2.34. The Morgan fingerprint density at radius 1 is 1.27 bits per heavy atom. The predicted molar refractivity (Wildman–Crippen MR) is 106 cm³/mol. The van der Waals surface area contributed by atoms with E-state index in [1.165, 1.54) is 5.56 Å². The van der Waals surface area contributed by atoms with Crippen molar-refractivity contribution in [3.05, 3.63) is 52.3 Å². The van der Waals surface area contributed by atoms with Gasteiger partial charge in [-0.1, -0.05) is 31.5 Å². The summed E-state index contributed by atoms with van der Waals surface area (Å²) >= 11 is 6.42. The molecule has 0 aliphatic rings. The van der Waals surface area contributed by atoms with Crippen LogP contribution >= 0.6 is 11.6 Å². The van der Waals surface area contributed by atoms with Crippen molar-refractivity contribution in [2.24, 2.45) is 0 Å². The van der Waals surface area contributed by atoms with E-state index in [4.69, 9.17) is 21.3 Å². The predicted octanol–water partition coefficient (Wildman–Crippen LogP) is 5.69. The van der Waals surface area contributed by atoms with Crippen molar-refractivity contribution in [1.29, 1.82) is 0 Å². The maximum Gasteiger partial charge on any atom is 0.169 e. The van der Waals surface area contributed by atoms with Gasteiger partial charge in [-0.15, -0.1) is 0 Å². The number of carbonyl (C=O) groups excluding carboxylic acids is 1. The van der Waals surface area contributed by atoms with E-state index in [2.05, 4.69) is 19.9 Å². The molecule has 2 heterocycles. The zero-order chi connectivity index (χ0) is 18.8.